The molecule has 4 aromatic rings. The highest BCUT2D eigenvalue weighted by Crippen LogP contribution is 2.45. The predicted octanol–water partition coefficient (Wildman–Crippen LogP) is 6.12. The summed E-state index contributed by atoms with van der Waals surface area (Å²) in [6, 6.07) is 18.7. The molecule has 2 aromatic carbocycles. The molecule has 5 rings (SSSR count). The molecular formula is C29H27N3O4S2. The highest BCUT2D eigenvalue weighted by Gasteiger charge is 2.34. The summed E-state index contributed by atoms with van der Waals surface area (Å²) in [4.78, 5) is 31.8. The number of rotatable bonds is 5. The third-order valence-electron chi connectivity index (χ3n) is 6.27. The average molecular weight is 546 g/mol. The van der Waals surface area contributed by atoms with E-state index in [-0.39, 0.29) is 17.6 Å². The quantitative estimate of drug-likeness (QED) is 0.231. The number of nitrogens with one attached hydrogen (secondary N) is 2. The zero-order valence-corrected chi connectivity index (χ0v) is 22.9. The summed E-state index contributed by atoms with van der Waals surface area (Å²) < 4.78 is 11.6. The van der Waals surface area contributed by atoms with Crippen LogP contribution in [0.25, 0.3) is 21.5 Å². The summed E-state index contributed by atoms with van der Waals surface area (Å²) in [6.07, 6.45) is 0.609. The number of thiophene rings is 1. The fourth-order valence-corrected chi connectivity index (χ4v) is 5.79. The lowest BCUT2D eigenvalue weighted by molar-refractivity contribution is -0.0394. The third-order valence-corrected chi connectivity index (χ3v) is 7.54. The lowest BCUT2D eigenvalue weighted by Gasteiger charge is -2.33. The van der Waals surface area contributed by atoms with Gasteiger partial charge in [0.05, 0.1) is 30.2 Å². The van der Waals surface area contributed by atoms with Gasteiger partial charge in [0.1, 0.15) is 9.71 Å². The van der Waals surface area contributed by atoms with E-state index in [9.17, 15) is 9.59 Å². The molecule has 1 aliphatic rings. The SMILES string of the molecule is CCOC(=O)c1sc2nc(-c3ccccc3)c3c(c2c1NC(=S)NC(=O)c1ccccc1)CC(C)(C)OC3. The Balaban J connectivity index is 1.65. The Morgan fingerprint density at radius 2 is 1.76 bits per heavy atom. The summed E-state index contributed by atoms with van der Waals surface area (Å²) in [6.45, 7) is 6.45. The van der Waals surface area contributed by atoms with Crippen molar-refractivity contribution in [2.75, 3.05) is 11.9 Å². The zero-order valence-electron chi connectivity index (χ0n) is 21.3. The molecule has 0 radical (unpaired) electrons. The number of nitrogens with zero attached hydrogens (tertiary/aromatic N) is 1. The summed E-state index contributed by atoms with van der Waals surface area (Å²) in [5, 5.41) is 6.73. The van der Waals surface area contributed by atoms with E-state index in [1.54, 1.807) is 31.2 Å². The maximum atomic E-state index is 13.1. The number of anilines is 1. The van der Waals surface area contributed by atoms with E-state index < -0.39 is 11.6 Å². The smallest absolute Gasteiger partial charge is 0.350 e. The third kappa shape index (κ3) is 5.18. The molecule has 0 aliphatic carbocycles. The minimum absolute atomic E-state index is 0.0799. The molecule has 0 spiro atoms. The van der Waals surface area contributed by atoms with Crippen molar-refractivity contribution in [2.45, 2.75) is 39.4 Å². The maximum Gasteiger partial charge on any atom is 0.350 e. The van der Waals surface area contributed by atoms with Gasteiger partial charge >= 0.3 is 5.97 Å². The van der Waals surface area contributed by atoms with E-state index in [1.807, 2.05) is 50.2 Å². The number of thiocarbonyl (C=S) groups is 1. The van der Waals surface area contributed by atoms with Crippen LogP contribution in [0.15, 0.2) is 60.7 Å². The van der Waals surface area contributed by atoms with Crippen LogP contribution in [-0.2, 0) is 22.5 Å². The summed E-state index contributed by atoms with van der Waals surface area (Å²) in [7, 11) is 0. The van der Waals surface area contributed by atoms with Gasteiger partial charge in [-0.2, -0.15) is 0 Å². The first-order valence-electron chi connectivity index (χ1n) is 12.3. The van der Waals surface area contributed by atoms with Crippen molar-refractivity contribution in [2.24, 2.45) is 0 Å². The predicted molar refractivity (Wildman–Crippen MR) is 154 cm³/mol. The second-order valence-electron chi connectivity index (χ2n) is 9.49. The number of carbonyl (C=O) groups excluding carboxylic acids is 2. The number of esters is 1. The van der Waals surface area contributed by atoms with Crippen LogP contribution >= 0.6 is 23.6 Å². The van der Waals surface area contributed by atoms with Crippen LogP contribution in [0.4, 0.5) is 5.69 Å². The number of aromatic nitrogens is 1. The second-order valence-corrected chi connectivity index (χ2v) is 10.9. The Labute approximate surface area is 230 Å². The van der Waals surface area contributed by atoms with Crippen molar-refractivity contribution in [3.05, 3.63) is 82.2 Å². The molecule has 0 atom stereocenters. The number of amides is 1. The van der Waals surface area contributed by atoms with Gasteiger partial charge in [0, 0.05) is 28.5 Å². The van der Waals surface area contributed by atoms with Crippen molar-refractivity contribution in [1.82, 2.24) is 10.3 Å². The van der Waals surface area contributed by atoms with E-state index in [0.717, 1.165) is 27.8 Å². The molecule has 0 saturated carbocycles. The monoisotopic (exact) mass is 545 g/mol. The average Bonchev–Trinajstić information content (AvgIpc) is 3.27. The molecule has 0 bridgehead atoms. The number of benzene rings is 2. The van der Waals surface area contributed by atoms with Crippen LogP contribution in [-0.4, -0.2) is 34.2 Å². The van der Waals surface area contributed by atoms with E-state index in [4.69, 9.17) is 26.7 Å². The van der Waals surface area contributed by atoms with Crippen LogP contribution in [0, 0.1) is 0 Å². The normalized spacial score (nSPS) is 14.0. The molecule has 194 valence electrons. The lowest BCUT2D eigenvalue weighted by Crippen LogP contribution is -2.35. The van der Waals surface area contributed by atoms with Crippen molar-refractivity contribution >= 4 is 56.4 Å². The first kappa shape index (κ1) is 26.0. The molecule has 2 aromatic heterocycles. The lowest BCUT2D eigenvalue weighted by atomic mass is 9.87. The Kier molecular flexibility index (Phi) is 7.25. The van der Waals surface area contributed by atoms with Crippen molar-refractivity contribution < 1.29 is 19.1 Å². The summed E-state index contributed by atoms with van der Waals surface area (Å²) >= 11 is 6.77. The van der Waals surface area contributed by atoms with Crippen molar-refractivity contribution in [3.63, 3.8) is 0 Å². The molecule has 7 nitrogen and oxygen atoms in total. The van der Waals surface area contributed by atoms with Crippen LogP contribution < -0.4 is 10.6 Å². The van der Waals surface area contributed by atoms with Crippen molar-refractivity contribution in [1.29, 1.82) is 0 Å². The highest BCUT2D eigenvalue weighted by molar-refractivity contribution is 7.80. The molecule has 9 heteroatoms. The van der Waals surface area contributed by atoms with E-state index in [1.165, 1.54) is 11.3 Å². The molecule has 0 unspecified atom stereocenters. The Hall–Kier alpha value is -3.66. The largest absolute Gasteiger partial charge is 0.462 e. The molecule has 38 heavy (non-hydrogen) atoms. The van der Waals surface area contributed by atoms with Gasteiger partial charge in [-0.1, -0.05) is 48.5 Å². The molecule has 0 fully saturated rings. The van der Waals surface area contributed by atoms with Gasteiger partial charge in [-0.05, 0) is 50.7 Å². The van der Waals surface area contributed by atoms with E-state index in [0.29, 0.717) is 34.0 Å². The minimum atomic E-state index is -0.475. The summed E-state index contributed by atoms with van der Waals surface area (Å²) in [5.41, 5.74) is 4.36. The van der Waals surface area contributed by atoms with Gasteiger partial charge in [0.2, 0.25) is 0 Å². The van der Waals surface area contributed by atoms with Crippen molar-refractivity contribution in [3.8, 4) is 11.3 Å². The van der Waals surface area contributed by atoms with Gasteiger partial charge in [0.15, 0.2) is 5.11 Å². The van der Waals surface area contributed by atoms with E-state index in [2.05, 4.69) is 10.6 Å². The molecule has 3 heterocycles. The minimum Gasteiger partial charge on any atom is -0.462 e. The first-order chi connectivity index (χ1) is 18.3. The fraction of sp³-hybridized carbons (Fsp3) is 0.241. The van der Waals surface area contributed by atoms with Crippen LogP contribution in [0.2, 0.25) is 0 Å². The number of hydrogen-bond donors (Lipinski definition) is 2. The number of ether oxygens (including phenoxy) is 2. The molecule has 1 aliphatic heterocycles. The Morgan fingerprint density at radius 3 is 2.45 bits per heavy atom. The van der Waals surface area contributed by atoms with Crippen LogP contribution in [0.1, 0.15) is 51.9 Å². The summed E-state index contributed by atoms with van der Waals surface area (Å²) in [5.74, 6) is -0.821. The Bertz CT molecular complexity index is 1530. The fourth-order valence-electron chi connectivity index (χ4n) is 4.54. The molecule has 1 amide bonds. The van der Waals surface area contributed by atoms with E-state index >= 15 is 0 Å². The second kappa shape index (κ2) is 10.6. The number of pyridine rings is 1. The van der Waals surface area contributed by atoms with Crippen LogP contribution in [0.3, 0.4) is 0 Å². The maximum absolute atomic E-state index is 13.1. The molecule has 0 saturated heterocycles. The standard InChI is InChI=1S/C29H27N3O4S2/c1-4-35-27(34)24-23(31-28(37)32-25(33)18-13-9-6-10-14-18)21-19-15-29(2,3)36-16-20(19)22(30-26(21)38-24)17-11-7-5-8-12-17/h5-14H,4,15-16H2,1-3H3,(H2,31,32,33,37). The number of fused-ring (bicyclic) bond motifs is 3. The van der Waals surface area contributed by atoms with Gasteiger partial charge in [-0.3, -0.25) is 10.1 Å². The zero-order chi connectivity index (χ0) is 26.9. The van der Waals surface area contributed by atoms with Gasteiger partial charge in [-0.15, -0.1) is 11.3 Å². The first-order valence-corrected chi connectivity index (χ1v) is 13.5. The number of hydrogen-bond acceptors (Lipinski definition) is 7. The highest BCUT2D eigenvalue weighted by atomic mass is 32.1. The van der Waals surface area contributed by atoms with Gasteiger partial charge in [0.25, 0.3) is 5.91 Å². The van der Waals surface area contributed by atoms with Crippen LogP contribution in [0.5, 0.6) is 0 Å². The molecular weight excluding hydrogens is 518 g/mol. The topological polar surface area (TPSA) is 89.5 Å². The van der Waals surface area contributed by atoms with Gasteiger partial charge in [-0.25, -0.2) is 9.78 Å². The Morgan fingerprint density at radius 1 is 1.08 bits per heavy atom. The van der Waals surface area contributed by atoms with Gasteiger partial charge < -0.3 is 14.8 Å². The molecule has 2 N–H and O–H groups in total. The number of carbonyl (C=O) groups is 2.